The lowest BCUT2D eigenvalue weighted by Crippen LogP contribution is -2.02. The second-order valence-corrected chi connectivity index (χ2v) is 5.52. The van der Waals surface area contributed by atoms with Gasteiger partial charge in [0, 0.05) is 16.0 Å². The SMILES string of the molecule is O=C(O)c1ccnc(-n2cc(I)c3c(Cl)ncnc32)c1.O=NO. The smallest absolute Gasteiger partial charge is 0.335 e. The van der Waals surface area contributed by atoms with Crippen LogP contribution in [0.2, 0.25) is 5.15 Å². The van der Waals surface area contributed by atoms with Gasteiger partial charge in [-0.15, -0.1) is 4.91 Å². The van der Waals surface area contributed by atoms with Gasteiger partial charge in [0.05, 0.1) is 10.9 Å². The highest BCUT2D eigenvalue weighted by atomic mass is 127. The maximum Gasteiger partial charge on any atom is 0.335 e. The van der Waals surface area contributed by atoms with Crippen LogP contribution in [0.1, 0.15) is 10.4 Å². The molecule has 9 nitrogen and oxygen atoms in total. The maximum absolute atomic E-state index is 11.0. The molecule has 2 N–H and O–H groups in total. The van der Waals surface area contributed by atoms with Crippen LogP contribution in [-0.2, 0) is 0 Å². The second kappa shape index (κ2) is 7.28. The monoisotopic (exact) mass is 447 g/mol. The predicted molar refractivity (Wildman–Crippen MR) is 88.9 cm³/mol. The first-order chi connectivity index (χ1) is 11.0. The molecule has 0 aliphatic rings. The minimum absolute atomic E-state index is 0.159. The third-order valence-electron chi connectivity index (χ3n) is 2.73. The lowest BCUT2D eigenvalue weighted by Gasteiger charge is -2.04. The van der Waals surface area contributed by atoms with E-state index in [1.54, 1.807) is 10.8 Å². The van der Waals surface area contributed by atoms with E-state index >= 15 is 0 Å². The molecule has 23 heavy (non-hydrogen) atoms. The molecule has 3 rings (SSSR count). The zero-order valence-corrected chi connectivity index (χ0v) is 14.0. The number of aromatic carboxylic acids is 1. The molecule has 3 aromatic rings. The molecule has 0 aromatic carbocycles. The minimum atomic E-state index is -1.01. The molecular weight excluding hydrogens is 441 g/mol. The zero-order valence-electron chi connectivity index (χ0n) is 11.1. The summed E-state index contributed by atoms with van der Waals surface area (Å²) in [5, 5.41) is 18.0. The number of carboxylic acid groups (broad SMARTS) is 1. The van der Waals surface area contributed by atoms with Crippen molar-refractivity contribution in [1.29, 1.82) is 0 Å². The molecule has 0 bridgehead atoms. The summed E-state index contributed by atoms with van der Waals surface area (Å²) in [5.74, 6) is -0.542. The third kappa shape index (κ3) is 3.53. The average molecular weight is 448 g/mol. The van der Waals surface area contributed by atoms with E-state index < -0.39 is 5.97 Å². The van der Waals surface area contributed by atoms with E-state index in [1.807, 2.05) is 0 Å². The van der Waals surface area contributed by atoms with Gasteiger partial charge in [-0.3, -0.25) is 4.57 Å². The average Bonchev–Trinajstić information content (AvgIpc) is 2.87. The Kier molecular flexibility index (Phi) is 5.39. The summed E-state index contributed by atoms with van der Waals surface area (Å²) in [7, 11) is 0. The number of pyridine rings is 1. The van der Waals surface area contributed by atoms with E-state index in [4.69, 9.17) is 26.8 Å². The minimum Gasteiger partial charge on any atom is -0.478 e. The number of hydrogen-bond donors (Lipinski definition) is 2. The summed E-state index contributed by atoms with van der Waals surface area (Å²) in [4.78, 5) is 31.4. The summed E-state index contributed by atoms with van der Waals surface area (Å²) in [6, 6.07) is 2.92. The molecule has 0 aliphatic carbocycles. The first-order valence-corrected chi connectivity index (χ1v) is 7.28. The predicted octanol–water partition coefficient (Wildman–Crippen LogP) is 2.91. The number of fused-ring (bicyclic) bond motifs is 1. The number of halogens is 2. The molecule has 0 fully saturated rings. The lowest BCUT2D eigenvalue weighted by atomic mass is 10.2. The number of nitrogens with zero attached hydrogens (tertiary/aromatic N) is 5. The molecule has 0 spiro atoms. The van der Waals surface area contributed by atoms with E-state index in [0.717, 1.165) is 8.96 Å². The Morgan fingerprint density at radius 2 is 2.04 bits per heavy atom. The van der Waals surface area contributed by atoms with Crippen molar-refractivity contribution in [3.63, 3.8) is 0 Å². The summed E-state index contributed by atoms with van der Waals surface area (Å²) in [6.07, 6.45) is 4.60. The number of aromatic nitrogens is 4. The van der Waals surface area contributed by atoms with E-state index in [1.165, 1.54) is 30.0 Å². The standard InChI is InChI=1S/C12H6ClIN4O2.HNO2/c13-10-9-7(14)4-18(11(9)17-5-16-10)8-3-6(12(19)20)1-2-15-8;2-1-3/h1-5H,(H,19,20);(H,2,3). The first kappa shape index (κ1) is 17.0. The Labute approximate surface area is 147 Å². The summed E-state index contributed by atoms with van der Waals surface area (Å²) >= 11 is 8.19. The fourth-order valence-electron chi connectivity index (χ4n) is 1.84. The second-order valence-electron chi connectivity index (χ2n) is 4.00. The van der Waals surface area contributed by atoms with Crippen molar-refractivity contribution in [2.45, 2.75) is 0 Å². The number of rotatable bonds is 2. The van der Waals surface area contributed by atoms with Gasteiger partial charge in [-0.25, -0.2) is 19.7 Å². The highest BCUT2D eigenvalue weighted by Gasteiger charge is 2.14. The van der Waals surface area contributed by atoms with Gasteiger partial charge < -0.3 is 10.3 Å². The van der Waals surface area contributed by atoms with E-state index in [2.05, 4.69) is 37.5 Å². The number of carbonyl (C=O) groups is 1. The van der Waals surface area contributed by atoms with Crippen LogP contribution in [0.25, 0.3) is 16.9 Å². The van der Waals surface area contributed by atoms with Gasteiger partial charge >= 0.3 is 5.97 Å². The lowest BCUT2D eigenvalue weighted by molar-refractivity contribution is 0.0696. The van der Waals surface area contributed by atoms with Gasteiger partial charge in [-0.2, -0.15) is 0 Å². The fraction of sp³-hybridized carbons (Fsp3) is 0. The normalized spacial score (nSPS) is 10.0. The van der Waals surface area contributed by atoms with Crippen LogP contribution < -0.4 is 0 Å². The molecule has 0 aliphatic heterocycles. The van der Waals surface area contributed by atoms with Crippen LogP contribution in [0.5, 0.6) is 0 Å². The van der Waals surface area contributed by atoms with Gasteiger partial charge in [0.25, 0.3) is 0 Å². The summed E-state index contributed by atoms with van der Waals surface area (Å²) in [5.41, 5.74) is 0.747. The molecule has 3 heterocycles. The van der Waals surface area contributed by atoms with Crippen LogP contribution >= 0.6 is 34.2 Å². The van der Waals surface area contributed by atoms with Crippen molar-refractivity contribution >= 4 is 51.2 Å². The molecule has 0 saturated heterocycles. The van der Waals surface area contributed by atoms with Crippen LogP contribution in [0.4, 0.5) is 0 Å². The Bertz CT molecular complexity index is 885. The van der Waals surface area contributed by atoms with E-state index in [0.29, 0.717) is 16.6 Å². The summed E-state index contributed by atoms with van der Waals surface area (Å²) in [6.45, 7) is 0. The Morgan fingerprint density at radius 1 is 1.35 bits per heavy atom. The highest BCUT2D eigenvalue weighted by Crippen LogP contribution is 2.28. The Balaban J connectivity index is 0.000000595. The van der Waals surface area contributed by atoms with Crippen molar-refractivity contribution in [2.75, 3.05) is 0 Å². The summed E-state index contributed by atoms with van der Waals surface area (Å²) < 4.78 is 2.56. The fourth-order valence-corrected chi connectivity index (χ4v) is 3.01. The first-order valence-electron chi connectivity index (χ1n) is 5.83. The molecule has 0 radical (unpaired) electrons. The maximum atomic E-state index is 11.0. The largest absolute Gasteiger partial charge is 0.478 e. The van der Waals surface area contributed by atoms with Crippen molar-refractivity contribution < 1.29 is 15.1 Å². The van der Waals surface area contributed by atoms with Crippen LogP contribution in [0.15, 0.2) is 36.2 Å². The van der Waals surface area contributed by atoms with Gasteiger partial charge in [-0.1, -0.05) is 11.6 Å². The van der Waals surface area contributed by atoms with Gasteiger partial charge in [0.2, 0.25) is 0 Å². The quantitative estimate of drug-likeness (QED) is 0.267. The van der Waals surface area contributed by atoms with Gasteiger partial charge in [-0.05, 0) is 34.7 Å². The molecule has 0 saturated carbocycles. The van der Waals surface area contributed by atoms with Crippen LogP contribution in [0, 0.1) is 8.48 Å². The van der Waals surface area contributed by atoms with Crippen molar-refractivity contribution in [2.24, 2.45) is 5.34 Å². The Morgan fingerprint density at radius 3 is 2.70 bits per heavy atom. The molecular formula is C12H7ClIN5O4. The highest BCUT2D eigenvalue weighted by molar-refractivity contribution is 14.1. The van der Waals surface area contributed by atoms with Crippen molar-refractivity contribution in [1.82, 2.24) is 19.5 Å². The van der Waals surface area contributed by atoms with E-state index in [9.17, 15) is 4.79 Å². The molecule has 0 unspecified atom stereocenters. The zero-order chi connectivity index (χ0) is 17.0. The van der Waals surface area contributed by atoms with Gasteiger partial charge in [0.1, 0.15) is 17.3 Å². The topological polar surface area (TPSA) is 131 Å². The molecule has 0 atom stereocenters. The number of hydrogen-bond acceptors (Lipinski definition) is 6. The van der Waals surface area contributed by atoms with Crippen molar-refractivity contribution in [3.05, 3.63) is 50.0 Å². The number of carboxylic acids is 1. The van der Waals surface area contributed by atoms with E-state index in [-0.39, 0.29) is 5.56 Å². The molecule has 3 aromatic heterocycles. The Hall–Kier alpha value is -2.34. The van der Waals surface area contributed by atoms with Crippen LogP contribution in [-0.4, -0.2) is 35.8 Å². The van der Waals surface area contributed by atoms with Crippen molar-refractivity contribution in [3.8, 4) is 5.82 Å². The van der Waals surface area contributed by atoms with Crippen LogP contribution in [0.3, 0.4) is 0 Å². The molecule has 0 amide bonds. The van der Waals surface area contributed by atoms with Gasteiger partial charge in [0.15, 0.2) is 11.0 Å². The third-order valence-corrected chi connectivity index (χ3v) is 3.83. The molecule has 118 valence electrons. The molecule has 11 heteroatoms.